The van der Waals surface area contributed by atoms with Crippen molar-refractivity contribution in [2.75, 3.05) is 44.0 Å². The Bertz CT molecular complexity index is 677. The van der Waals surface area contributed by atoms with E-state index in [1.54, 1.807) is 11.8 Å². The molecule has 0 spiro atoms. The smallest absolute Gasteiger partial charge is 0.134 e. The van der Waals surface area contributed by atoms with Crippen LogP contribution in [-0.2, 0) is 17.7 Å². The summed E-state index contributed by atoms with van der Waals surface area (Å²) in [6, 6.07) is 2.47. The number of ether oxygens (including phenoxy) is 1. The quantitative estimate of drug-likeness (QED) is 0.769. The molecule has 2 aliphatic heterocycles. The fourth-order valence-electron chi connectivity index (χ4n) is 3.47. The van der Waals surface area contributed by atoms with Crippen LogP contribution in [0.3, 0.4) is 0 Å². The Kier molecular flexibility index (Phi) is 5.57. The van der Waals surface area contributed by atoms with Crippen LogP contribution in [-0.4, -0.2) is 54.5 Å². The highest BCUT2D eigenvalue weighted by atomic mass is 32.2. The van der Waals surface area contributed by atoms with Gasteiger partial charge in [-0.1, -0.05) is 6.92 Å². The molecule has 3 rings (SSSR count). The van der Waals surface area contributed by atoms with Crippen LogP contribution in [0.5, 0.6) is 0 Å². The Balaban J connectivity index is 2.12. The van der Waals surface area contributed by atoms with Gasteiger partial charge in [-0.25, -0.2) is 4.98 Å². The number of hydrogen-bond acceptors (Lipinski definition) is 6. The lowest BCUT2D eigenvalue weighted by molar-refractivity contribution is 0.120. The van der Waals surface area contributed by atoms with Gasteiger partial charge in [0.15, 0.2) is 0 Å². The molecule has 3 heterocycles. The first-order valence-electron chi connectivity index (χ1n) is 9.10. The van der Waals surface area contributed by atoms with Crippen LogP contribution < -0.4 is 4.90 Å². The molecule has 0 radical (unpaired) electrons. The summed E-state index contributed by atoms with van der Waals surface area (Å²) in [5, 5.41) is 10.8. The zero-order chi connectivity index (χ0) is 18.0. The maximum atomic E-state index is 9.86. The third-order valence-corrected chi connectivity index (χ3v) is 6.44. The average molecular weight is 361 g/mol. The summed E-state index contributed by atoms with van der Waals surface area (Å²) in [6.45, 7) is 10.8. The first kappa shape index (κ1) is 18.5. The van der Waals surface area contributed by atoms with Crippen molar-refractivity contribution in [3.8, 4) is 6.07 Å². The number of nitrogens with zero attached hydrogens (tertiary/aromatic N) is 4. The van der Waals surface area contributed by atoms with Gasteiger partial charge >= 0.3 is 0 Å². The molecule has 0 aliphatic carbocycles. The maximum absolute atomic E-state index is 9.86. The summed E-state index contributed by atoms with van der Waals surface area (Å²) in [5.41, 5.74) is 3.29. The second-order valence-electron chi connectivity index (χ2n) is 7.48. The van der Waals surface area contributed by atoms with Crippen LogP contribution in [0.4, 0.5) is 5.82 Å². The van der Waals surface area contributed by atoms with E-state index in [2.05, 4.69) is 43.7 Å². The lowest BCUT2D eigenvalue weighted by Gasteiger charge is -2.43. The van der Waals surface area contributed by atoms with Crippen LogP contribution >= 0.6 is 11.8 Å². The van der Waals surface area contributed by atoms with Crippen molar-refractivity contribution in [1.82, 2.24) is 9.88 Å². The van der Waals surface area contributed by atoms with Crippen LogP contribution in [0.2, 0.25) is 0 Å². The summed E-state index contributed by atoms with van der Waals surface area (Å²) in [4.78, 5) is 9.70. The van der Waals surface area contributed by atoms with Crippen molar-refractivity contribution in [1.29, 1.82) is 5.26 Å². The van der Waals surface area contributed by atoms with Crippen molar-refractivity contribution in [3.63, 3.8) is 0 Å². The van der Waals surface area contributed by atoms with E-state index in [-0.39, 0.29) is 5.54 Å². The number of pyridine rings is 1. The SMILES string of the molecule is CCCSc1nc(N2CCOCC2)c2c(c1C#N)CC(C)(C)N(C)C2. The van der Waals surface area contributed by atoms with Gasteiger partial charge in [0.25, 0.3) is 0 Å². The van der Waals surface area contributed by atoms with Gasteiger partial charge in [0, 0.05) is 30.7 Å². The van der Waals surface area contributed by atoms with Crippen LogP contribution in [0.15, 0.2) is 5.03 Å². The van der Waals surface area contributed by atoms with Gasteiger partial charge in [-0.2, -0.15) is 5.26 Å². The Morgan fingerprint density at radius 1 is 1.28 bits per heavy atom. The van der Waals surface area contributed by atoms with Crippen LogP contribution in [0.25, 0.3) is 0 Å². The minimum atomic E-state index is 0.0505. The van der Waals surface area contributed by atoms with E-state index < -0.39 is 0 Å². The van der Waals surface area contributed by atoms with Crippen molar-refractivity contribution < 1.29 is 4.74 Å². The van der Waals surface area contributed by atoms with Gasteiger partial charge in [-0.05, 0) is 45.1 Å². The van der Waals surface area contributed by atoms with Gasteiger partial charge in [0.2, 0.25) is 0 Å². The number of morpholine rings is 1. The average Bonchev–Trinajstić information content (AvgIpc) is 2.61. The topological polar surface area (TPSA) is 52.4 Å². The summed E-state index contributed by atoms with van der Waals surface area (Å²) in [7, 11) is 2.16. The third kappa shape index (κ3) is 3.64. The third-order valence-electron chi connectivity index (χ3n) is 5.26. The Hall–Kier alpha value is -1.29. The molecule has 0 bridgehead atoms. The number of rotatable bonds is 4. The standard InChI is InChI=1S/C19H28N4OS/c1-5-10-25-18-15(12-20)14-11-19(2,3)22(4)13-16(14)17(21-18)23-6-8-24-9-7-23/h5-11,13H2,1-4H3. The van der Waals surface area contributed by atoms with Crippen LogP contribution in [0.1, 0.15) is 43.9 Å². The largest absolute Gasteiger partial charge is 0.378 e. The summed E-state index contributed by atoms with van der Waals surface area (Å²) in [5.74, 6) is 2.06. The Morgan fingerprint density at radius 2 is 2.00 bits per heavy atom. The fourth-order valence-corrected chi connectivity index (χ4v) is 4.33. The maximum Gasteiger partial charge on any atom is 0.134 e. The van der Waals surface area contributed by atoms with Crippen LogP contribution in [0, 0.1) is 11.3 Å². The molecule has 25 heavy (non-hydrogen) atoms. The first-order chi connectivity index (χ1) is 12.0. The molecule has 0 unspecified atom stereocenters. The fraction of sp³-hybridized carbons (Fsp3) is 0.684. The second-order valence-corrected chi connectivity index (χ2v) is 8.56. The van der Waals surface area contributed by atoms with E-state index in [9.17, 15) is 5.26 Å². The highest BCUT2D eigenvalue weighted by molar-refractivity contribution is 7.99. The predicted octanol–water partition coefficient (Wildman–Crippen LogP) is 3.06. The zero-order valence-corrected chi connectivity index (χ0v) is 16.6. The molecule has 0 amide bonds. The first-order valence-corrected chi connectivity index (χ1v) is 10.1. The number of hydrogen-bond donors (Lipinski definition) is 0. The van der Waals surface area contributed by atoms with Gasteiger partial charge < -0.3 is 9.64 Å². The molecule has 1 aromatic rings. The van der Waals surface area contributed by atoms with Gasteiger partial charge in [-0.3, -0.25) is 4.90 Å². The van der Waals surface area contributed by atoms with E-state index in [1.165, 1.54) is 11.1 Å². The van der Waals surface area contributed by atoms with E-state index in [4.69, 9.17) is 9.72 Å². The molecule has 0 saturated carbocycles. The summed E-state index contributed by atoms with van der Waals surface area (Å²) >= 11 is 1.72. The number of thioether (sulfide) groups is 1. The number of anilines is 1. The summed E-state index contributed by atoms with van der Waals surface area (Å²) < 4.78 is 5.52. The van der Waals surface area contributed by atoms with E-state index in [1.807, 2.05) is 0 Å². The Labute approximate surface area is 155 Å². The molecule has 1 fully saturated rings. The molecule has 1 aromatic heterocycles. The molecule has 136 valence electrons. The molecular weight excluding hydrogens is 332 g/mol. The van der Waals surface area contributed by atoms with E-state index in [0.29, 0.717) is 0 Å². The monoisotopic (exact) mass is 360 g/mol. The summed E-state index contributed by atoms with van der Waals surface area (Å²) in [6.07, 6.45) is 1.97. The number of fused-ring (bicyclic) bond motifs is 1. The van der Waals surface area contributed by atoms with Crippen molar-refractivity contribution in [3.05, 3.63) is 16.7 Å². The number of likely N-dealkylation sites (N-methyl/N-ethyl adjacent to an activating group) is 1. The molecular formula is C19H28N4OS. The lowest BCUT2D eigenvalue weighted by atomic mass is 9.84. The van der Waals surface area contributed by atoms with Crippen molar-refractivity contribution in [2.24, 2.45) is 0 Å². The molecule has 0 aromatic carbocycles. The molecule has 0 N–H and O–H groups in total. The minimum Gasteiger partial charge on any atom is -0.378 e. The zero-order valence-electron chi connectivity index (χ0n) is 15.8. The normalized spacial score (nSPS) is 20.2. The highest BCUT2D eigenvalue weighted by Gasteiger charge is 2.35. The number of nitriles is 1. The number of aromatic nitrogens is 1. The van der Waals surface area contributed by atoms with Crippen molar-refractivity contribution >= 4 is 17.6 Å². The molecule has 6 heteroatoms. The van der Waals surface area contributed by atoms with Gasteiger partial charge in [-0.15, -0.1) is 11.8 Å². The minimum absolute atomic E-state index is 0.0505. The van der Waals surface area contributed by atoms with Gasteiger partial charge in [0.05, 0.1) is 18.8 Å². The predicted molar refractivity (Wildman–Crippen MR) is 102 cm³/mol. The molecule has 5 nitrogen and oxygen atoms in total. The highest BCUT2D eigenvalue weighted by Crippen LogP contribution is 2.39. The second kappa shape index (κ2) is 7.53. The molecule has 2 aliphatic rings. The van der Waals surface area contributed by atoms with Crippen molar-refractivity contribution in [2.45, 2.75) is 50.7 Å². The van der Waals surface area contributed by atoms with Gasteiger partial charge in [0.1, 0.15) is 16.9 Å². The lowest BCUT2D eigenvalue weighted by Crippen LogP contribution is -2.47. The molecule has 1 saturated heterocycles. The van der Waals surface area contributed by atoms with E-state index in [0.717, 1.165) is 67.8 Å². The van der Waals surface area contributed by atoms with E-state index >= 15 is 0 Å². The Morgan fingerprint density at radius 3 is 2.64 bits per heavy atom. The molecule has 0 atom stereocenters.